The maximum atomic E-state index is 13.3. The van der Waals surface area contributed by atoms with Gasteiger partial charge in [-0.2, -0.15) is 0 Å². The third-order valence-corrected chi connectivity index (χ3v) is 3.92. The summed E-state index contributed by atoms with van der Waals surface area (Å²) in [6.45, 7) is 1.93. The van der Waals surface area contributed by atoms with Crippen LogP contribution < -0.4 is 5.73 Å². The van der Waals surface area contributed by atoms with Crippen molar-refractivity contribution in [3.8, 4) is 0 Å². The number of carboxylic acid groups (broad SMARTS) is 1. The lowest BCUT2D eigenvalue weighted by atomic mass is 10.2. The number of hydrogen-bond donors (Lipinski definition) is 2. The standard InChI is InChI=1S/C14H12FNO2S/c1-8-4-2-3-5-10(8)19-11-7-6-9(15)13(16)12(11)14(17)18/h2-7H,16H2,1H3,(H,17,18). The summed E-state index contributed by atoms with van der Waals surface area (Å²) in [5.41, 5.74) is 6.01. The van der Waals surface area contributed by atoms with Gasteiger partial charge in [0.25, 0.3) is 0 Å². The van der Waals surface area contributed by atoms with Crippen LogP contribution in [0.4, 0.5) is 10.1 Å². The van der Waals surface area contributed by atoms with Crippen molar-refractivity contribution in [2.45, 2.75) is 16.7 Å². The van der Waals surface area contributed by atoms with E-state index < -0.39 is 11.8 Å². The van der Waals surface area contributed by atoms with E-state index >= 15 is 0 Å². The maximum Gasteiger partial charge on any atom is 0.339 e. The van der Waals surface area contributed by atoms with Gasteiger partial charge in [0.2, 0.25) is 0 Å². The number of carboxylic acids is 1. The van der Waals surface area contributed by atoms with Crippen LogP contribution in [0.25, 0.3) is 0 Å². The Morgan fingerprint density at radius 2 is 1.89 bits per heavy atom. The van der Waals surface area contributed by atoms with Crippen molar-refractivity contribution in [3.63, 3.8) is 0 Å². The smallest absolute Gasteiger partial charge is 0.339 e. The van der Waals surface area contributed by atoms with Gasteiger partial charge in [-0.3, -0.25) is 0 Å². The van der Waals surface area contributed by atoms with Gasteiger partial charge in [0.15, 0.2) is 0 Å². The first-order valence-electron chi connectivity index (χ1n) is 5.55. The molecule has 0 amide bonds. The first-order valence-corrected chi connectivity index (χ1v) is 6.37. The first-order chi connectivity index (χ1) is 9.00. The molecule has 98 valence electrons. The summed E-state index contributed by atoms with van der Waals surface area (Å²) in [6.07, 6.45) is 0. The van der Waals surface area contributed by atoms with Crippen molar-refractivity contribution in [2.24, 2.45) is 0 Å². The van der Waals surface area contributed by atoms with Gasteiger partial charge in [-0.15, -0.1) is 0 Å². The number of halogens is 1. The Labute approximate surface area is 114 Å². The van der Waals surface area contributed by atoms with Crippen molar-refractivity contribution < 1.29 is 14.3 Å². The van der Waals surface area contributed by atoms with Crippen LogP contribution in [-0.4, -0.2) is 11.1 Å². The van der Waals surface area contributed by atoms with Crippen molar-refractivity contribution >= 4 is 23.4 Å². The highest BCUT2D eigenvalue weighted by Crippen LogP contribution is 2.35. The molecule has 0 saturated carbocycles. The predicted octanol–water partition coefficient (Wildman–Crippen LogP) is 3.57. The number of anilines is 1. The number of rotatable bonds is 3. The van der Waals surface area contributed by atoms with E-state index in [2.05, 4.69) is 0 Å². The van der Waals surface area contributed by atoms with E-state index in [-0.39, 0.29) is 11.3 Å². The molecule has 0 heterocycles. The van der Waals surface area contributed by atoms with Crippen LogP contribution in [0.5, 0.6) is 0 Å². The lowest BCUT2D eigenvalue weighted by Gasteiger charge is -2.10. The average molecular weight is 277 g/mol. The van der Waals surface area contributed by atoms with Gasteiger partial charge in [0.05, 0.1) is 11.3 Å². The monoisotopic (exact) mass is 277 g/mol. The minimum atomic E-state index is -1.23. The molecule has 5 heteroatoms. The number of benzene rings is 2. The SMILES string of the molecule is Cc1ccccc1Sc1ccc(F)c(N)c1C(=O)O. The molecule has 19 heavy (non-hydrogen) atoms. The average Bonchev–Trinajstić information content (AvgIpc) is 2.36. The van der Waals surface area contributed by atoms with E-state index in [4.69, 9.17) is 10.8 Å². The molecule has 0 bridgehead atoms. The van der Waals surface area contributed by atoms with Crippen LogP contribution in [0.1, 0.15) is 15.9 Å². The molecule has 0 fully saturated rings. The molecule has 2 rings (SSSR count). The van der Waals surface area contributed by atoms with Gasteiger partial charge < -0.3 is 10.8 Å². The first kappa shape index (κ1) is 13.4. The summed E-state index contributed by atoms with van der Waals surface area (Å²) in [6, 6.07) is 10.2. The van der Waals surface area contributed by atoms with Gasteiger partial charge in [-0.05, 0) is 30.7 Å². The summed E-state index contributed by atoms with van der Waals surface area (Å²) in [7, 11) is 0. The van der Waals surface area contributed by atoms with Crippen LogP contribution >= 0.6 is 11.8 Å². The Bertz CT molecular complexity index is 643. The van der Waals surface area contributed by atoms with Crippen molar-refractivity contribution in [2.75, 3.05) is 5.73 Å². The fourth-order valence-corrected chi connectivity index (χ4v) is 2.72. The molecule has 3 N–H and O–H groups in total. The van der Waals surface area contributed by atoms with Gasteiger partial charge >= 0.3 is 5.97 Å². The van der Waals surface area contributed by atoms with E-state index in [9.17, 15) is 9.18 Å². The Balaban J connectivity index is 2.49. The number of carbonyl (C=O) groups is 1. The highest BCUT2D eigenvalue weighted by Gasteiger charge is 2.18. The summed E-state index contributed by atoms with van der Waals surface area (Å²) in [4.78, 5) is 12.6. The summed E-state index contributed by atoms with van der Waals surface area (Å²) >= 11 is 1.26. The lowest BCUT2D eigenvalue weighted by Crippen LogP contribution is -2.06. The zero-order valence-corrected chi connectivity index (χ0v) is 11.0. The van der Waals surface area contributed by atoms with Gasteiger partial charge in [-0.1, -0.05) is 30.0 Å². The lowest BCUT2D eigenvalue weighted by molar-refractivity contribution is 0.0694. The molecule has 0 aliphatic rings. The van der Waals surface area contributed by atoms with Crippen LogP contribution in [0.2, 0.25) is 0 Å². The molecule has 0 unspecified atom stereocenters. The van der Waals surface area contributed by atoms with Crippen LogP contribution in [-0.2, 0) is 0 Å². The minimum Gasteiger partial charge on any atom is -0.478 e. The molecule has 0 aliphatic heterocycles. The molecule has 2 aromatic rings. The number of nitrogens with two attached hydrogens (primary N) is 1. The second-order valence-electron chi connectivity index (χ2n) is 4.01. The molecule has 0 atom stereocenters. The molecule has 0 saturated heterocycles. The van der Waals surface area contributed by atoms with E-state index in [1.807, 2.05) is 31.2 Å². The van der Waals surface area contributed by atoms with Crippen molar-refractivity contribution in [3.05, 3.63) is 53.3 Å². The van der Waals surface area contributed by atoms with Crippen LogP contribution in [0.3, 0.4) is 0 Å². The molecule has 3 nitrogen and oxygen atoms in total. The quantitative estimate of drug-likeness (QED) is 0.842. The van der Waals surface area contributed by atoms with Crippen molar-refractivity contribution in [1.82, 2.24) is 0 Å². The topological polar surface area (TPSA) is 63.3 Å². The number of aromatic carboxylic acids is 1. The third-order valence-electron chi connectivity index (χ3n) is 2.68. The maximum absolute atomic E-state index is 13.3. The Morgan fingerprint density at radius 3 is 2.53 bits per heavy atom. The predicted molar refractivity (Wildman–Crippen MR) is 73.1 cm³/mol. The number of aryl methyl sites for hydroxylation is 1. The summed E-state index contributed by atoms with van der Waals surface area (Å²) in [5.74, 6) is -1.94. The van der Waals surface area contributed by atoms with E-state index in [1.165, 1.54) is 23.9 Å². The van der Waals surface area contributed by atoms with Gasteiger partial charge in [0.1, 0.15) is 5.82 Å². The van der Waals surface area contributed by atoms with E-state index in [1.54, 1.807) is 0 Å². The Morgan fingerprint density at radius 1 is 1.21 bits per heavy atom. The van der Waals surface area contributed by atoms with Gasteiger partial charge in [-0.25, -0.2) is 9.18 Å². The second-order valence-corrected chi connectivity index (χ2v) is 5.09. The van der Waals surface area contributed by atoms with E-state index in [0.717, 1.165) is 10.5 Å². The van der Waals surface area contributed by atoms with Crippen molar-refractivity contribution in [1.29, 1.82) is 0 Å². The largest absolute Gasteiger partial charge is 0.478 e. The van der Waals surface area contributed by atoms with Crippen LogP contribution in [0.15, 0.2) is 46.2 Å². The number of nitrogen functional groups attached to an aromatic ring is 1. The van der Waals surface area contributed by atoms with Gasteiger partial charge in [0, 0.05) is 9.79 Å². The van der Waals surface area contributed by atoms with E-state index in [0.29, 0.717) is 4.90 Å². The summed E-state index contributed by atoms with van der Waals surface area (Å²) in [5, 5.41) is 9.16. The fraction of sp³-hybridized carbons (Fsp3) is 0.0714. The molecule has 0 radical (unpaired) electrons. The Kier molecular flexibility index (Phi) is 3.76. The zero-order chi connectivity index (χ0) is 14.0. The number of hydrogen-bond acceptors (Lipinski definition) is 3. The zero-order valence-electron chi connectivity index (χ0n) is 10.2. The minimum absolute atomic E-state index is 0.187. The molecule has 0 spiro atoms. The molecule has 2 aromatic carbocycles. The molecule has 0 aromatic heterocycles. The normalized spacial score (nSPS) is 10.4. The molecule has 0 aliphatic carbocycles. The highest BCUT2D eigenvalue weighted by molar-refractivity contribution is 7.99. The molecular formula is C14H12FNO2S. The Hall–Kier alpha value is -2.01. The van der Waals surface area contributed by atoms with Crippen LogP contribution in [0, 0.1) is 12.7 Å². The third kappa shape index (κ3) is 2.71. The fourth-order valence-electron chi connectivity index (χ4n) is 1.67. The summed E-state index contributed by atoms with van der Waals surface area (Å²) < 4.78 is 13.3. The molecular weight excluding hydrogens is 265 g/mol. The second kappa shape index (κ2) is 5.32. The highest BCUT2D eigenvalue weighted by atomic mass is 32.2.